The lowest BCUT2D eigenvalue weighted by Gasteiger charge is -2.31. The fraction of sp³-hybridized carbons (Fsp3) is 0.471. The number of nitrogens with zero attached hydrogens (tertiary/aromatic N) is 1. The predicted octanol–water partition coefficient (Wildman–Crippen LogP) is 3.57. The number of benzene rings is 1. The van der Waals surface area contributed by atoms with Gasteiger partial charge in [0, 0.05) is 24.2 Å². The number of hydrogen-bond donors (Lipinski definition) is 1. The molecule has 1 saturated carbocycles. The van der Waals surface area contributed by atoms with E-state index in [0.29, 0.717) is 6.04 Å². The van der Waals surface area contributed by atoms with E-state index >= 15 is 0 Å². The van der Waals surface area contributed by atoms with E-state index in [1.165, 1.54) is 32.1 Å². The summed E-state index contributed by atoms with van der Waals surface area (Å²) in [6.07, 6.45) is 8.22. The maximum absolute atomic E-state index is 12.9. The summed E-state index contributed by atoms with van der Waals surface area (Å²) >= 11 is 0. The maximum atomic E-state index is 12.9. The number of aromatic amines is 1. The summed E-state index contributed by atoms with van der Waals surface area (Å²) in [5.74, 6) is 0.961. The molecule has 3 nitrogen and oxygen atoms in total. The third-order valence-electron chi connectivity index (χ3n) is 5.09. The molecule has 2 aliphatic rings. The van der Waals surface area contributed by atoms with Gasteiger partial charge in [-0.25, -0.2) is 0 Å². The molecular weight excluding hydrogens is 248 g/mol. The lowest BCUT2D eigenvalue weighted by molar-refractivity contribution is 0.0692. The zero-order valence-electron chi connectivity index (χ0n) is 11.6. The lowest BCUT2D eigenvalue weighted by Crippen LogP contribution is -2.39. The zero-order chi connectivity index (χ0) is 13.5. The second-order valence-electron chi connectivity index (χ2n) is 6.15. The Kier molecular flexibility index (Phi) is 2.79. The molecule has 0 bridgehead atoms. The van der Waals surface area contributed by atoms with Crippen LogP contribution >= 0.6 is 0 Å². The first kappa shape index (κ1) is 12.0. The molecule has 4 rings (SSSR count). The number of carbonyl (C=O) groups is 1. The van der Waals surface area contributed by atoms with Gasteiger partial charge in [0.15, 0.2) is 0 Å². The molecule has 2 aromatic rings. The van der Waals surface area contributed by atoms with E-state index in [9.17, 15) is 4.79 Å². The molecule has 20 heavy (non-hydrogen) atoms. The fourth-order valence-electron chi connectivity index (χ4n) is 4.08. The normalized spacial score (nSPS) is 25.9. The van der Waals surface area contributed by atoms with Gasteiger partial charge in [-0.05, 0) is 37.3 Å². The summed E-state index contributed by atoms with van der Waals surface area (Å²) in [5.41, 5.74) is 1.82. The van der Waals surface area contributed by atoms with Crippen molar-refractivity contribution in [3.8, 4) is 0 Å². The highest BCUT2D eigenvalue weighted by molar-refractivity contribution is 6.05. The van der Waals surface area contributed by atoms with Crippen LogP contribution in [0.3, 0.4) is 0 Å². The Labute approximate surface area is 119 Å². The van der Waals surface area contributed by atoms with Gasteiger partial charge in [0.05, 0.1) is 11.1 Å². The number of amides is 1. The van der Waals surface area contributed by atoms with E-state index in [1.807, 2.05) is 24.4 Å². The van der Waals surface area contributed by atoms with Gasteiger partial charge in [-0.1, -0.05) is 25.0 Å². The van der Waals surface area contributed by atoms with Crippen molar-refractivity contribution in [1.82, 2.24) is 9.88 Å². The molecule has 3 heteroatoms. The van der Waals surface area contributed by atoms with Crippen molar-refractivity contribution in [2.45, 2.75) is 38.1 Å². The molecule has 2 fully saturated rings. The molecule has 1 amide bonds. The molecule has 2 atom stereocenters. The average molecular weight is 268 g/mol. The molecule has 1 aromatic heterocycles. The fourth-order valence-corrected chi connectivity index (χ4v) is 4.08. The van der Waals surface area contributed by atoms with Crippen LogP contribution in [0.5, 0.6) is 0 Å². The highest BCUT2D eigenvalue weighted by atomic mass is 16.2. The van der Waals surface area contributed by atoms with Crippen molar-refractivity contribution < 1.29 is 4.79 Å². The number of rotatable bonds is 1. The molecule has 0 spiro atoms. The minimum atomic E-state index is 0.215. The van der Waals surface area contributed by atoms with Gasteiger partial charge in [0.1, 0.15) is 0 Å². The van der Waals surface area contributed by atoms with Gasteiger partial charge in [-0.2, -0.15) is 0 Å². The van der Waals surface area contributed by atoms with E-state index in [0.717, 1.165) is 28.9 Å². The minimum absolute atomic E-state index is 0.215. The van der Waals surface area contributed by atoms with Crippen molar-refractivity contribution in [3.05, 3.63) is 36.0 Å². The zero-order valence-corrected chi connectivity index (χ0v) is 11.6. The molecular formula is C17H20N2O. The molecule has 1 aliphatic carbocycles. The van der Waals surface area contributed by atoms with Crippen molar-refractivity contribution in [2.24, 2.45) is 5.92 Å². The van der Waals surface area contributed by atoms with Gasteiger partial charge in [-0.3, -0.25) is 4.79 Å². The van der Waals surface area contributed by atoms with Crippen LogP contribution in [0.1, 0.15) is 42.5 Å². The Morgan fingerprint density at radius 3 is 3.00 bits per heavy atom. The van der Waals surface area contributed by atoms with Gasteiger partial charge < -0.3 is 9.88 Å². The highest BCUT2D eigenvalue weighted by Gasteiger charge is 2.38. The second kappa shape index (κ2) is 4.65. The van der Waals surface area contributed by atoms with Gasteiger partial charge >= 0.3 is 0 Å². The number of likely N-dealkylation sites (tertiary alicyclic amines) is 1. The van der Waals surface area contributed by atoms with Crippen LogP contribution in [0.2, 0.25) is 0 Å². The highest BCUT2D eigenvalue weighted by Crippen LogP contribution is 2.37. The third kappa shape index (κ3) is 1.76. The smallest absolute Gasteiger partial charge is 0.256 e. The number of carbonyl (C=O) groups excluding carboxylic acids is 1. The summed E-state index contributed by atoms with van der Waals surface area (Å²) < 4.78 is 0. The number of nitrogens with one attached hydrogen (secondary N) is 1. The van der Waals surface area contributed by atoms with Crippen molar-refractivity contribution in [2.75, 3.05) is 6.54 Å². The molecule has 0 radical (unpaired) electrons. The van der Waals surface area contributed by atoms with Crippen LogP contribution in [-0.4, -0.2) is 28.4 Å². The Morgan fingerprint density at radius 1 is 1.15 bits per heavy atom. The van der Waals surface area contributed by atoms with Crippen LogP contribution < -0.4 is 0 Å². The second-order valence-corrected chi connectivity index (χ2v) is 6.15. The van der Waals surface area contributed by atoms with Gasteiger partial charge in [-0.15, -0.1) is 0 Å². The summed E-state index contributed by atoms with van der Waals surface area (Å²) in [6, 6.07) is 8.51. The van der Waals surface area contributed by atoms with Crippen LogP contribution in [0.25, 0.3) is 10.9 Å². The molecule has 2 unspecified atom stereocenters. The van der Waals surface area contributed by atoms with E-state index < -0.39 is 0 Å². The average Bonchev–Trinajstić information content (AvgIpc) is 3.12. The topological polar surface area (TPSA) is 36.1 Å². The molecule has 1 saturated heterocycles. The Hall–Kier alpha value is -1.77. The van der Waals surface area contributed by atoms with Crippen LogP contribution in [0.4, 0.5) is 0 Å². The number of hydrogen-bond acceptors (Lipinski definition) is 1. The van der Waals surface area contributed by atoms with E-state index in [4.69, 9.17) is 0 Å². The first-order chi connectivity index (χ1) is 9.84. The summed E-state index contributed by atoms with van der Waals surface area (Å²) in [4.78, 5) is 18.3. The quantitative estimate of drug-likeness (QED) is 0.843. The Bertz CT molecular complexity index is 645. The Balaban J connectivity index is 1.68. The molecule has 2 heterocycles. The Morgan fingerprint density at radius 2 is 2.05 bits per heavy atom. The van der Waals surface area contributed by atoms with Gasteiger partial charge in [0.25, 0.3) is 5.91 Å². The number of fused-ring (bicyclic) bond motifs is 2. The first-order valence-corrected chi connectivity index (χ1v) is 7.71. The monoisotopic (exact) mass is 268 g/mol. The predicted molar refractivity (Wildman–Crippen MR) is 79.7 cm³/mol. The first-order valence-electron chi connectivity index (χ1n) is 7.71. The standard InChI is InChI=1S/C17H20N2O/c20-17(14-6-3-5-13-8-10-18-16(13)14)19-11-9-12-4-1-2-7-15(12)19/h3,5-6,8,10,12,15,18H,1-2,4,7,9,11H2. The minimum Gasteiger partial charge on any atom is -0.361 e. The molecule has 104 valence electrons. The summed E-state index contributed by atoms with van der Waals surface area (Å²) in [6.45, 7) is 0.936. The SMILES string of the molecule is O=C(c1cccc2cc[nH]c12)N1CCC2CCCCC21. The van der Waals surface area contributed by atoms with Crippen LogP contribution in [0.15, 0.2) is 30.5 Å². The lowest BCUT2D eigenvalue weighted by atomic mass is 9.85. The molecule has 1 N–H and O–H groups in total. The maximum Gasteiger partial charge on any atom is 0.256 e. The van der Waals surface area contributed by atoms with Crippen molar-refractivity contribution in [1.29, 1.82) is 0 Å². The largest absolute Gasteiger partial charge is 0.361 e. The van der Waals surface area contributed by atoms with E-state index in [-0.39, 0.29) is 5.91 Å². The summed E-state index contributed by atoms with van der Waals surface area (Å²) in [5, 5.41) is 1.12. The van der Waals surface area contributed by atoms with Crippen molar-refractivity contribution >= 4 is 16.8 Å². The molecule has 1 aromatic carbocycles. The van der Waals surface area contributed by atoms with E-state index in [1.54, 1.807) is 0 Å². The van der Waals surface area contributed by atoms with Crippen LogP contribution in [-0.2, 0) is 0 Å². The van der Waals surface area contributed by atoms with E-state index in [2.05, 4.69) is 16.0 Å². The number of para-hydroxylation sites is 1. The summed E-state index contributed by atoms with van der Waals surface area (Å²) in [7, 11) is 0. The van der Waals surface area contributed by atoms with Gasteiger partial charge in [0.2, 0.25) is 0 Å². The number of H-pyrrole nitrogens is 1. The van der Waals surface area contributed by atoms with Crippen molar-refractivity contribution in [3.63, 3.8) is 0 Å². The number of aromatic nitrogens is 1. The molecule has 1 aliphatic heterocycles. The van der Waals surface area contributed by atoms with Crippen LogP contribution in [0, 0.1) is 5.92 Å². The third-order valence-corrected chi connectivity index (χ3v) is 5.09.